The number of hydrogen-bond acceptors (Lipinski definition) is 3. The highest BCUT2D eigenvalue weighted by molar-refractivity contribution is 5.77. The van der Waals surface area contributed by atoms with E-state index >= 15 is 0 Å². The van der Waals surface area contributed by atoms with Crippen LogP contribution >= 0.6 is 0 Å². The molecule has 2 rings (SSSR count). The second-order valence-corrected chi connectivity index (χ2v) is 5.32. The number of ether oxygens (including phenoxy) is 1. The monoisotopic (exact) mass is 317 g/mol. The molecule has 1 saturated carbocycles. The van der Waals surface area contributed by atoms with E-state index in [1.165, 1.54) is 24.3 Å². The van der Waals surface area contributed by atoms with Crippen molar-refractivity contribution < 1.29 is 23.0 Å². The van der Waals surface area contributed by atoms with Gasteiger partial charge < -0.3 is 20.9 Å². The zero-order valence-corrected chi connectivity index (χ0v) is 11.9. The predicted molar refractivity (Wildman–Crippen MR) is 75.3 cm³/mol. The Morgan fingerprint density at radius 1 is 1.32 bits per heavy atom. The lowest BCUT2D eigenvalue weighted by Gasteiger charge is -2.36. The van der Waals surface area contributed by atoms with Crippen LogP contribution < -0.4 is 15.8 Å². The van der Waals surface area contributed by atoms with Gasteiger partial charge in [0.1, 0.15) is 5.75 Å². The van der Waals surface area contributed by atoms with Crippen LogP contribution in [-0.2, 0) is 6.54 Å². The minimum Gasteiger partial charge on any atom is -0.406 e. The van der Waals surface area contributed by atoms with Gasteiger partial charge in [0.2, 0.25) is 0 Å². The third kappa shape index (κ3) is 5.10. The van der Waals surface area contributed by atoms with E-state index in [9.17, 15) is 18.3 Å². The second-order valence-electron chi connectivity index (χ2n) is 5.32. The van der Waals surface area contributed by atoms with Gasteiger partial charge in [0.25, 0.3) is 0 Å². The molecule has 22 heavy (non-hydrogen) atoms. The van der Waals surface area contributed by atoms with Crippen molar-refractivity contribution in [1.29, 1.82) is 0 Å². The maximum Gasteiger partial charge on any atom is 0.573 e. The quantitative estimate of drug-likeness (QED) is 0.572. The Bertz CT molecular complexity index is 525. The lowest BCUT2D eigenvalue weighted by Crippen LogP contribution is -2.49. The maximum absolute atomic E-state index is 12.0. The third-order valence-electron chi connectivity index (χ3n) is 3.47. The van der Waals surface area contributed by atoms with Gasteiger partial charge in [-0.2, -0.15) is 0 Å². The number of hydrogen-bond donors (Lipinski definition) is 3. The van der Waals surface area contributed by atoms with E-state index < -0.39 is 12.0 Å². The molecular weight excluding hydrogens is 299 g/mol. The molecule has 0 radical (unpaired) electrons. The van der Waals surface area contributed by atoms with E-state index in [4.69, 9.17) is 5.73 Å². The van der Waals surface area contributed by atoms with Crippen LogP contribution in [-0.4, -0.2) is 29.6 Å². The molecule has 5 nitrogen and oxygen atoms in total. The molecule has 1 aromatic rings. The van der Waals surface area contributed by atoms with Crippen LogP contribution in [0.4, 0.5) is 13.2 Å². The zero-order valence-electron chi connectivity index (χ0n) is 11.9. The van der Waals surface area contributed by atoms with Crippen molar-refractivity contribution in [3.05, 3.63) is 29.8 Å². The maximum atomic E-state index is 12.0. The number of rotatable bonds is 5. The number of aliphatic imine (C=N–C) groups is 1. The van der Waals surface area contributed by atoms with Gasteiger partial charge in [0.15, 0.2) is 5.96 Å². The molecule has 1 aromatic carbocycles. The standard InChI is InChI=1S/C14H18F3N3O2/c15-14(16,17)22-11-4-2-10(3-5-11)8-19-12(18)20-9-13(21)6-1-7-13/h2-5,21H,1,6-9H2,(H3,18,19,20). The number of nitrogens with two attached hydrogens (primary N) is 1. The average molecular weight is 317 g/mol. The normalized spacial score (nSPS) is 17.7. The van der Waals surface area contributed by atoms with Gasteiger partial charge in [-0.1, -0.05) is 12.1 Å². The molecule has 0 aliphatic heterocycles. The molecular formula is C14H18F3N3O2. The Hall–Kier alpha value is -1.96. The topological polar surface area (TPSA) is 79.9 Å². The van der Waals surface area contributed by atoms with Crippen molar-refractivity contribution in [3.8, 4) is 5.75 Å². The van der Waals surface area contributed by atoms with E-state index in [2.05, 4.69) is 15.0 Å². The molecule has 0 amide bonds. The zero-order chi connectivity index (χ0) is 16.2. The lowest BCUT2D eigenvalue weighted by atomic mass is 9.80. The van der Waals surface area contributed by atoms with Crippen molar-refractivity contribution in [1.82, 2.24) is 5.32 Å². The smallest absolute Gasteiger partial charge is 0.406 e. The van der Waals surface area contributed by atoms with E-state index in [1.54, 1.807) is 0 Å². The summed E-state index contributed by atoms with van der Waals surface area (Å²) >= 11 is 0. The van der Waals surface area contributed by atoms with E-state index in [1.807, 2.05) is 0 Å². The number of guanidine groups is 1. The fourth-order valence-electron chi connectivity index (χ4n) is 2.05. The average Bonchev–Trinajstić information content (AvgIpc) is 2.40. The van der Waals surface area contributed by atoms with Gasteiger partial charge in [-0.25, -0.2) is 4.99 Å². The molecule has 122 valence electrons. The SMILES string of the molecule is NC(=NCc1ccc(OC(F)(F)F)cc1)NCC1(O)CCC1. The van der Waals surface area contributed by atoms with Gasteiger partial charge in [-0.05, 0) is 37.0 Å². The Morgan fingerprint density at radius 2 is 1.95 bits per heavy atom. The van der Waals surface area contributed by atoms with Gasteiger partial charge in [0.05, 0.1) is 12.1 Å². The van der Waals surface area contributed by atoms with Crippen molar-refractivity contribution >= 4 is 5.96 Å². The molecule has 0 heterocycles. The predicted octanol–water partition coefficient (Wildman–Crippen LogP) is 1.90. The van der Waals surface area contributed by atoms with Gasteiger partial charge in [0, 0.05) is 6.54 Å². The van der Waals surface area contributed by atoms with E-state index in [0.29, 0.717) is 12.1 Å². The first-order chi connectivity index (χ1) is 10.3. The fraction of sp³-hybridized carbons (Fsp3) is 0.500. The summed E-state index contributed by atoms with van der Waals surface area (Å²) in [6, 6.07) is 5.41. The number of benzene rings is 1. The van der Waals surface area contributed by atoms with Gasteiger partial charge >= 0.3 is 6.36 Å². The van der Waals surface area contributed by atoms with Crippen LogP contribution in [0, 0.1) is 0 Å². The highest BCUT2D eigenvalue weighted by atomic mass is 19.4. The summed E-state index contributed by atoms with van der Waals surface area (Å²) in [5, 5.41) is 12.7. The van der Waals surface area contributed by atoms with Crippen LogP contribution in [0.15, 0.2) is 29.3 Å². The molecule has 1 aliphatic carbocycles. The number of nitrogens with zero attached hydrogens (tertiary/aromatic N) is 1. The first-order valence-electron chi connectivity index (χ1n) is 6.87. The van der Waals surface area contributed by atoms with Crippen LogP contribution in [0.5, 0.6) is 5.75 Å². The highest BCUT2D eigenvalue weighted by Crippen LogP contribution is 2.30. The molecule has 1 aliphatic rings. The molecule has 0 bridgehead atoms. The van der Waals surface area contributed by atoms with Crippen LogP contribution in [0.25, 0.3) is 0 Å². The Kier molecular flexibility index (Phi) is 4.80. The van der Waals surface area contributed by atoms with Crippen molar-refractivity contribution in [2.24, 2.45) is 10.7 Å². The molecule has 8 heteroatoms. The molecule has 0 unspecified atom stereocenters. The number of aliphatic hydroxyl groups is 1. The second kappa shape index (κ2) is 6.43. The van der Waals surface area contributed by atoms with E-state index in [-0.39, 0.29) is 18.3 Å². The van der Waals surface area contributed by atoms with Crippen LogP contribution in [0.2, 0.25) is 0 Å². The Balaban J connectivity index is 1.81. The number of halogens is 3. The van der Waals surface area contributed by atoms with Gasteiger partial charge in [-0.15, -0.1) is 13.2 Å². The van der Waals surface area contributed by atoms with Crippen molar-refractivity contribution in [2.45, 2.75) is 37.8 Å². The molecule has 1 fully saturated rings. The molecule has 0 saturated heterocycles. The minimum absolute atomic E-state index is 0.191. The first kappa shape index (κ1) is 16.4. The van der Waals surface area contributed by atoms with Crippen LogP contribution in [0.1, 0.15) is 24.8 Å². The summed E-state index contributed by atoms with van der Waals surface area (Å²) in [4.78, 5) is 4.07. The number of alkyl halides is 3. The summed E-state index contributed by atoms with van der Waals surface area (Å²) in [6.07, 6.45) is -2.21. The Labute approximate surface area is 126 Å². The van der Waals surface area contributed by atoms with Crippen molar-refractivity contribution in [3.63, 3.8) is 0 Å². The fourth-order valence-corrected chi connectivity index (χ4v) is 2.05. The molecule has 4 N–H and O–H groups in total. The van der Waals surface area contributed by atoms with Gasteiger partial charge in [-0.3, -0.25) is 0 Å². The third-order valence-corrected chi connectivity index (χ3v) is 3.47. The summed E-state index contributed by atoms with van der Waals surface area (Å²) in [7, 11) is 0. The number of nitrogens with one attached hydrogen (secondary N) is 1. The van der Waals surface area contributed by atoms with Crippen LogP contribution in [0.3, 0.4) is 0 Å². The molecule has 0 aromatic heterocycles. The van der Waals surface area contributed by atoms with Crippen molar-refractivity contribution in [2.75, 3.05) is 6.54 Å². The summed E-state index contributed by atoms with van der Waals surface area (Å²) in [5.74, 6) is -0.0884. The minimum atomic E-state index is -4.70. The summed E-state index contributed by atoms with van der Waals surface area (Å²) in [6.45, 7) is 0.574. The molecule has 0 spiro atoms. The largest absolute Gasteiger partial charge is 0.573 e. The van der Waals surface area contributed by atoms with E-state index in [0.717, 1.165) is 19.3 Å². The molecule has 0 atom stereocenters. The summed E-state index contributed by atoms with van der Waals surface area (Å²) in [5.41, 5.74) is 5.67. The first-order valence-corrected chi connectivity index (χ1v) is 6.87. The summed E-state index contributed by atoms with van der Waals surface area (Å²) < 4.78 is 39.8. The Morgan fingerprint density at radius 3 is 2.45 bits per heavy atom. The lowest BCUT2D eigenvalue weighted by molar-refractivity contribution is -0.274. The highest BCUT2D eigenvalue weighted by Gasteiger charge is 2.34.